The molecule has 1 aliphatic rings. The summed E-state index contributed by atoms with van der Waals surface area (Å²) in [6.07, 6.45) is 2.92. The number of ether oxygens (including phenoxy) is 3. The minimum Gasteiger partial charge on any atom is -0.444 e. The first-order valence-corrected chi connectivity index (χ1v) is 12.9. The number of anilines is 2. The Morgan fingerprint density at radius 3 is 2.68 bits per heavy atom. The number of rotatable bonds is 7. The summed E-state index contributed by atoms with van der Waals surface area (Å²) in [5, 5.41) is 11.9. The van der Waals surface area contributed by atoms with Crippen LogP contribution in [0.4, 0.5) is 15.7 Å². The molecule has 1 saturated heterocycles. The average molecular weight is 532 g/mol. The van der Waals surface area contributed by atoms with Gasteiger partial charge in [0.05, 0.1) is 24.5 Å². The first kappa shape index (κ1) is 26.8. The van der Waals surface area contributed by atoms with Crippen LogP contribution in [0, 0.1) is 0 Å². The van der Waals surface area contributed by atoms with Crippen molar-refractivity contribution >= 4 is 39.8 Å². The van der Waals surface area contributed by atoms with Crippen molar-refractivity contribution in [2.75, 3.05) is 37.0 Å². The monoisotopic (exact) mass is 531 g/mol. The van der Waals surface area contributed by atoms with Gasteiger partial charge in [-0.1, -0.05) is 0 Å². The zero-order valence-electron chi connectivity index (χ0n) is 21.8. The van der Waals surface area contributed by atoms with Crippen LogP contribution < -0.4 is 15.5 Å². The lowest BCUT2D eigenvalue weighted by Crippen LogP contribution is -2.48. The molecular formula is C24H33N7O5S. The van der Waals surface area contributed by atoms with Crippen LogP contribution in [0.5, 0.6) is 0 Å². The van der Waals surface area contributed by atoms with E-state index in [1.807, 2.05) is 17.6 Å². The second kappa shape index (κ2) is 11.0. The van der Waals surface area contributed by atoms with E-state index in [4.69, 9.17) is 14.2 Å². The van der Waals surface area contributed by atoms with Crippen LogP contribution in [0.25, 0.3) is 16.8 Å². The van der Waals surface area contributed by atoms with E-state index in [-0.39, 0.29) is 18.8 Å². The van der Waals surface area contributed by atoms with Gasteiger partial charge in [-0.25, -0.2) is 19.3 Å². The molecule has 0 aromatic carbocycles. The molecule has 3 atom stereocenters. The number of hydrogen-bond acceptors (Lipinski definition) is 10. The van der Waals surface area contributed by atoms with Gasteiger partial charge in [-0.15, -0.1) is 11.3 Å². The summed E-state index contributed by atoms with van der Waals surface area (Å²) in [7, 11) is 1.45. The fraction of sp³-hybridized carbons (Fsp3) is 0.542. The average Bonchev–Trinajstić information content (AvgIpc) is 3.43. The highest BCUT2D eigenvalue weighted by atomic mass is 32.1. The molecule has 37 heavy (non-hydrogen) atoms. The van der Waals surface area contributed by atoms with Crippen LogP contribution in [-0.4, -0.2) is 82.2 Å². The van der Waals surface area contributed by atoms with Crippen LogP contribution in [0.1, 0.15) is 34.6 Å². The van der Waals surface area contributed by atoms with Crippen molar-refractivity contribution in [3.05, 3.63) is 24.0 Å². The van der Waals surface area contributed by atoms with Crippen LogP contribution in [0.2, 0.25) is 0 Å². The molecule has 3 aromatic heterocycles. The Morgan fingerprint density at radius 1 is 1.27 bits per heavy atom. The second-order valence-electron chi connectivity index (χ2n) is 9.99. The summed E-state index contributed by atoms with van der Waals surface area (Å²) >= 11 is 1.28. The van der Waals surface area contributed by atoms with Gasteiger partial charge in [0, 0.05) is 37.3 Å². The molecule has 0 aliphatic carbocycles. The molecule has 0 saturated carbocycles. The summed E-state index contributed by atoms with van der Waals surface area (Å²) in [6, 6.07) is 1.04. The number of hydrogen-bond donors (Lipinski definition) is 2. The maximum Gasteiger partial charge on any atom is 0.408 e. The van der Waals surface area contributed by atoms with Gasteiger partial charge in [-0.05, 0) is 40.7 Å². The number of aromatic nitrogens is 4. The van der Waals surface area contributed by atoms with Crippen molar-refractivity contribution in [2.45, 2.75) is 58.5 Å². The number of methoxy groups -OCH3 is 1. The van der Waals surface area contributed by atoms with Gasteiger partial charge in [0.25, 0.3) is 5.91 Å². The molecule has 2 N–H and O–H groups in total. The van der Waals surface area contributed by atoms with E-state index in [0.29, 0.717) is 10.8 Å². The Labute approximate surface area is 219 Å². The van der Waals surface area contributed by atoms with Gasteiger partial charge in [0.2, 0.25) is 0 Å². The number of thiazole rings is 1. The third kappa shape index (κ3) is 6.73. The molecule has 1 aliphatic heterocycles. The highest BCUT2D eigenvalue weighted by Gasteiger charge is 2.27. The summed E-state index contributed by atoms with van der Waals surface area (Å²) in [6.45, 7) is 10.8. The van der Waals surface area contributed by atoms with E-state index in [0.717, 1.165) is 30.0 Å². The minimum atomic E-state index is -0.944. The van der Waals surface area contributed by atoms with E-state index >= 15 is 0 Å². The lowest BCUT2D eigenvalue weighted by molar-refractivity contribution is -0.119. The Hall–Kier alpha value is -3.29. The zero-order chi connectivity index (χ0) is 26.7. The lowest BCUT2D eigenvalue weighted by atomic mass is 10.2. The Kier molecular flexibility index (Phi) is 7.95. The number of carbonyl (C=O) groups excluding carboxylic acids is 2. The first-order chi connectivity index (χ1) is 17.5. The van der Waals surface area contributed by atoms with Crippen molar-refractivity contribution in [1.29, 1.82) is 0 Å². The highest BCUT2D eigenvalue weighted by molar-refractivity contribution is 7.14. The molecule has 0 spiro atoms. The van der Waals surface area contributed by atoms with Gasteiger partial charge in [0.15, 0.2) is 10.9 Å². The Morgan fingerprint density at radius 2 is 2.00 bits per heavy atom. The zero-order valence-corrected chi connectivity index (χ0v) is 22.7. The van der Waals surface area contributed by atoms with Gasteiger partial charge in [-0.2, -0.15) is 5.10 Å². The van der Waals surface area contributed by atoms with Crippen molar-refractivity contribution in [3.8, 4) is 11.3 Å². The van der Waals surface area contributed by atoms with Gasteiger partial charge >= 0.3 is 6.09 Å². The predicted molar refractivity (Wildman–Crippen MR) is 140 cm³/mol. The number of nitrogens with one attached hydrogen (secondary N) is 2. The molecule has 0 bridgehead atoms. The van der Waals surface area contributed by atoms with Crippen LogP contribution >= 0.6 is 11.3 Å². The molecule has 2 amide bonds. The Bertz CT molecular complexity index is 1240. The van der Waals surface area contributed by atoms with E-state index in [1.165, 1.54) is 24.8 Å². The maximum atomic E-state index is 12.8. The van der Waals surface area contributed by atoms with Crippen LogP contribution in [0.3, 0.4) is 0 Å². The molecule has 4 rings (SSSR count). The number of fused-ring (bicyclic) bond motifs is 1. The molecule has 12 nitrogen and oxygen atoms in total. The minimum absolute atomic E-state index is 0.0194. The first-order valence-electron chi connectivity index (χ1n) is 12.0. The SMILES string of the molecule is COC[C@H](NC(=O)OC(C)(C)C)C(=O)Nc1nc(-c2cc3c(N4C[C@@H](C)O[C@@H](C)C4)ncnn3c2)cs1. The predicted octanol–water partition coefficient (Wildman–Crippen LogP) is 2.94. The Balaban J connectivity index is 1.49. The molecule has 4 heterocycles. The third-order valence-electron chi connectivity index (χ3n) is 5.48. The number of carbonyl (C=O) groups is 2. The highest BCUT2D eigenvalue weighted by Crippen LogP contribution is 2.30. The van der Waals surface area contributed by atoms with Crippen molar-refractivity contribution in [3.63, 3.8) is 0 Å². The fourth-order valence-electron chi connectivity index (χ4n) is 4.11. The molecule has 1 fully saturated rings. The van der Waals surface area contributed by atoms with Crippen LogP contribution in [0.15, 0.2) is 24.0 Å². The molecule has 200 valence electrons. The van der Waals surface area contributed by atoms with E-state index in [2.05, 4.69) is 44.4 Å². The molecular weight excluding hydrogens is 498 g/mol. The summed E-state index contributed by atoms with van der Waals surface area (Å²) in [5.41, 5.74) is 1.70. The maximum absolute atomic E-state index is 12.8. The fourth-order valence-corrected chi connectivity index (χ4v) is 4.83. The lowest BCUT2D eigenvalue weighted by Gasteiger charge is -2.36. The topological polar surface area (TPSA) is 132 Å². The molecule has 13 heteroatoms. The van der Waals surface area contributed by atoms with E-state index in [1.54, 1.807) is 25.3 Å². The van der Waals surface area contributed by atoms with Crippen LogP contribution in [-0.2, 0) is 19.0 Å². The standard InChI is InChI=1S/C24H33N7O5S/c1-14-8-30(9-15(2)35-14)20-19-7-16(10-31(19)26-13-25-20)18-12-37-22(27-18)29-21(32)17(11-34-6)28-23(33)36-24(3,4)5/h7,10,12-15,17H,8-9,11H2,1-6H3,(H,28,33)(H,27,29,32)/t14-,15+,17-/m0/s1. The third-order valence-corrected chi connectivity index (χ3v) is 6.23. The van der Waals surface area contributed by atoms with Gasteiger partial charge in [0.1, 0.15) is 23.5 Å². The normalized spacial score (nSPS) is 19.0. The summed E-state index contributed by atoms with van der Waals surface area (Å²) in [5.74, 6) is 0.377. The summed E-state index contributed by atoms with van der Waals surface area (Å²) < 4.78 is 18.0. The number of alkyl carbamates (subject to hydrolysis) is 1. The molecule has 0 radical (unpaired) electrons. The second-order valence-corrected chi connectivity index (χ2v) is 10.8. The van der Waals surface area contributed by atoms with Crippen molar-refractivity contribution in [1.82, 2.24) is 24.9 Å². The van der Waals surface area contributed by atoms with Gasteiger partial charge in [-0.3, -0.25) is 4.79 Å². The largest absolute Gasteiger partial charge is 0.444 e. The number of nitrogens with zero attached hydrogens (tertiary/aromatic N) is 5. The van der Waals surface area contributed by atoms with Crippen molar-refractivity contribution < 1.29 is 23.8 Å². The quantitative estimate of drug-likeness (QED) is 0.472. The van der Waals surface area contributed by atoms with Crippen molar-refractivity contribution in [2.24, 2.45) is 0 Å². The van der Waals surface area contributed by atoms with Gasteiger partial charge < -0.3 is 29.7 Å². The number of morpholine rings is 1. The number of amides is 2. The smallest absolute Gasteiger partial charge is 0.408 e. The van der Waals surface area contributed by atoms with E-state index < -0.39 is 23.6 Å². The summed E-state index contributed by atoms with van der Waals surface area (Å²) in [4.78, 5) is 36.3. The molecule has 0 unspecified atom stereocenters. The molecule has 3 aromatic rings. The van der Waals surface area contributed by atoms with E-state index in [9.17, 15) is 9.59 Å².